The maximum Gasteiger partial charge on any atom is 0.0581 e. The van der Waals surface area contributed by atoms with Crippen molar-refractivity contribution in [1.29, 1.82) is 0 Å². The first-order valence-electron chi connectivity index (χ1n) is 10.9. The van der Waals surface area contributed by atoms with Crippen LogP contribution < -0.4 is 0 Å². The largest absolute Gasteiger partial charge is 0.378 e. The zero-order valence-corrected chi connectivity index (χ0v) is 16.8. The van der Waals surface area contributed by atoms with Crippen molar-refractivity contribution < 1.29 is 4.74 Å². The molecule has 140 valence electrons. The van der Waals surface area contributed by atoms with Gasteiger partial charge in [-0.3, -0.25) is 0 Å². The van der Waals surface area contributed by atoms with Crippen molar-refractivity contribution in [2.24, 2.45) is 34.5 Å². The summed E-state index contributed by atoms with van der Waals surface area (Å²) in [5.41, 5.74) is 2.88. The second kappa shape index (κ2) is 5.58. The lowest BCUT2D eigenvalue weighted by atomic mass is 9.47. The monoisotopic (exact) mass is 343 g/mol. The molecule has 5 rings (SSSR count). The fourth-order valence-electron chi connectivity index (χ4n) is 8.32. The van der Waals surface area contributed by atoms with Crippen molar-refractivity contribution in [2.45, 2.75) is 77.4 Å². The lowest BCUT2D eigenvalue weighted by Gasteiger charge is -2.58. The summed E-state index contributed by atoms with van der Waals surface area (Å²) in [6.07, 6.45) is 14.6. The van der Waals surface area contributed by atoms with E-state index < -0.39 is 0 Å². The van der Waals surface area contributed by atoms with Crippen molar-refractivity contribution >= 4 is 0 Å². The lowest BCUT2D eigenvalue weighted by Crippen LogP contribution is -2.52. The third-order valence-corrected chi connectivity index (χ3v) is 9.77. The molecule has 2 heteroatoms. The molecule has 4 aliphatic carbocycles. The predicted octanol–water partition coefficient (Wildman–Crippen LogP) is 4.89. The molecule has 8 atom stereocenters. The highest BCUT2D eigenvalue weighted by Crippen LogP contribution is 2.68. The number of hydrogen-bond acceptors (Lipinski definition) is 2. The first kappa shape index (κ1) is 16.8. The van der Waals surface area contributed by atoms with Gasteiger partial charge in [0.25, 0.3) is 0 Å². The fourth-order valence-corrected chi connectivity index (χ4v) is 8.32. The van der Waals surface area contributed by atoms with Crippen molar-refractivity contribution in [3.8, 4) is 0 Å². The van der Waals surface area contributed by atoms with E-state index in [4.69, 9.17) is 4.74 Å². The van der Waals surface area contributed by atoms with Crippen molar-refractivity contribution in [3.05, 3.63) is 11.6 Å². The molecule has 0 amide bonds. The molecule has 0 bridgehead atoms. The van der Waals surface area contributed by atoms with E-state index in [1.165, 1.54) is 51.4 Å². The Kier molecular flexibility index (Phi) is 3.75. The van der Waals surface area contributed by atoms with E-state index >= 15 is 0 Å². The van der Waals surface area contributed by atoms with Crippen LogP contribution >= 0.6 is 0 Å². The Bertz CT molecular complexity index is 583. The van der Waals surface area contributed by atoms with E-state index in [0.717, 1.165) is 36.3 Å². The van der Waals surface area contributed by atoms with Gasteiger partial charge in [0.2, 0.25) is 0 Å². The van der Waals surface area contributed by atoms with Crippen molar-refractivity contribution in [3.63, 3.8) is 0 Å². The molecule has 1 spiro atoms. The number of fused-ring (bicyclic) bond motifs is 4. The van der Waals surface area contributed by atoms with Gasteiger partial charge in [0, 0.05) is 11.5 Å². The first-order chi connectivity index (χ1) is 12.0. The Morgan fingerprint density at radius 2 is 1.84 bits per heavy atom. The average molecular weight is 344 g/mol. The number of allylic oxidation sites excluding steroid dienone is 1. The van der Waals surface area contributed by atoms with Crippen LogP contribution in [0.5, 0.6) is 0 Å². The molecule has 25 heavy (non-hydrogen) atoms. The molecule has 1 saturated heterocycles. The van der Waals surface area contributed by atoms with Crippen LogP contribution in [0.4, 0.5) is 0 Å². The summed E-state index contributed by atoms with van der Waals surface area (Å²) in [4.78, 5) is 2.46. The minimum absolute atomic E-state index is 0.500. The molecule has 0 aromatic heterocycles. The van der Waals surface area contributed by atoms with Gasteiger partial charge in [-0.15, -0.1) is 0 Å². The smallest absolute Gasteiger partial charge is 0.0581 e. The van der Waals surface area contributed by atoms with E-state index in [9.17, 15) is 0 Å². The predicted molar refractivity (Wildman–Crippen MR) is 102 cm³/mol. The summed E-state index contributed by atoms with van der Waals surface area (Å²) in [5, 5.41) is 0. The van der Waals surface area contributed by atoms with Crippen LogP contribution in [0.2, 0.25) is 0 Å². The summed E-state index contributed by atoms with van der Waals surface area (Å²) in [6.45, 7) is 6.05. The van der Waals surface area contributed by atoms with E-state index in [-0.39, 0.29) is 0 Å². The highest BCUT2D eigenvalue weighted by Gasteiger charge is 2.63. The number of ether oxygens (including phenoxy) is 1. The van der Waals surface area contributed by atoms with Gasteiger partial charge in [0.1, 0.15) is 0 Å². The van der Waals surface area contributed by atoms with Gasteiger partial charge in [0.05, 0.1) is 12.7 Å². The third-order valence-electron chi connectivity index (χ3n) is 9.77. The van der Waals surface area contributed by atoms with Crippen LogP contribution in [0.3, 0.4) is 0 Å². The number of hydrogen-bond donors (Lipinski definition) is 0. The van der Waals surface area contributed by atoms with Gasteiger partial charge < -0.3 is 9.64 Å². The molecule has 1 aliphatic heterocycles. The third kappa shape index (κ3) is 2.16. The Hall–Kier alpha value is -0.340. The molecule has 0 radical (unpaired) electrons. The van der Waals surface area contributed by atoms with Gasteiger partial charge >= 0.3 is 0 Å². The molecule has 5 aliphatic rings. The summed E-state index contributed by atoms with van der Waals surface area (Å²) < 4.78 is 6.21. The zero-order chi connectivity index (χ0) is 17.4. The second-order valence-electron chi connectivity index (χ2n) is 10.6. The highest BCUT2D eigenvalue weighted by molar-refractivity contribution is 5.26. The van der Waals surface area contributed by atoms with E-state index in [0.29, 0.717) is 16.9 Å². The molecule has 0 aromatic rings. The molecule has 4 fully saturated rings. The molecule has 0 unspecified atom stereocenters. The lowest BCUT2D eigenvalue weighted by molar-refractivity contribution is -0.0501. The molecule has 0 aromatic carbocycles. The Morgan fingerprint density at radius 1 is 1.04 bits per heavy atom. The maximum absolute atomic E-state index is 6.21. The minimum atomic E-state index is 0.500. The van der Waals surface area contributed by atoms with Gasteiger partial charge in [-0.05, 0) is 101 Å². The highest BCUT2D eigenvalue weighted by atomic mass is 16.5. The maximum atomic E-state index is 6.21. The van der Waals surface area contributed by atoms with Gasteiger partial charge in [0.15, 0.2) is 0 Å². The fraction of sp³-hybridized carbons (Fsp3) is 0.913. The molecule has 3 saturated carbocycles. The van der Waals surface area contributed by atoms with Gasteiger partial charge in [-0.25, -0.2) is 0 Å². The van der Waals surface area contributed by atoms with Gasteiger partial charge in [-0.2, -0.15) is 0 Å². The second-order valence-corrected chi connectivity index (χ2v) is 10.6. The van der Waals surface area contributed by atoms with Crippen LogP contribution in [0.1, 0.15) is 65.2 Å². The van der Waals surface area contributed by atoms with Crippen LogP contribution in [0.15, 0.2) is 11.6 Å². The Labute approximate surface area is 154 Å². The Morgan fingerprint density at radius 3 is 2.64 bits per heavy atom. The summed E-state index contributed by atoms with van der Waals surface area (Å²) >= 11 is 0. The Balaban J connectivity index is 1.45. The normalized spacial score (nSPS) is 54.5. The topological polar surface area (TPSA) is 12.5 Å². The summed E-state index contributed by atoms with van der Waals surface area (Å²) in [6, 6.07) is 0.769. The van der Waals surface area contributed by atoms with E-state index in [1.54, 1.807) is 0 Å². The van der Waals surface area contributed by atoms with Gasteiger partial charge in [-0.1, -0.05) is 18.6 Å². The quantitative estimate of drug-likeness (QED) is 0.628. The standard InChI is InChI=1S/C23H37NO/c1-15-19-7-8-21-18-6-5-16-13-17(24(3)4)9-11-22(16,2)20(18)10-12-23(19,21)14-25-15/h5,15,17-21H,6-14H2,1-4H3/t15-,17-,18-,19-,20+,21+,22+,23+/m1/s1. The molecular formula is C23H37NO. The van der Waals surface area contributed by atoms with Crippen LogP contribution in [0.25, 0.3) is 0 Å². The molecule has 0 N–H and O–H groups in total. The number of rotatable bonds is 1. The van der Waals surface area contributed by atoms with Crippen LogP contribution in [0, 0.1) is 34.5 Å². The van der Waals surface area contributed by atoms with E-state index in [2.05, 4.69) is 38.9 Å². The zero-order valence-electron chi connectivity index (χ0n) is 16.8. The van der Waals surface area contributed by atoms with Crippen LogP contribution in [-0.4, -0.2) is 37.7 Å². The van der Waals surface area contributed by atoms with Crippen molar-refractivity contribution in [1.82, 2.24) is 4.90 Å². The minimum Gasteiger partial charge on any atom is -0.378 e. The molecule has 1 heterocycles. The summed E-state index contributed by atoms with van der Waals surface area (Å²) in [5.74, 6) is 3.70. The molecule has 2 nitrogen and oxygen atoms in total. The average Bonchev–Trinajstić information content (AvgIpc) is 3.11. The van der Waals surface area contributed by atoms with E-state index in [1.807, 2.05) is 5.57 Å². The summed E-state index contributed by atoms with van der Waals surface area (Å²) in [7, 11) is 4.54. The SMILES string of the molecule is C[C@H]1OC[C@]23CC[C@H]4[C@@H](CC=C5C[C@H](N(C)C)CC[C@@]54C)[C@@H]2CC[C@H]13. The van der Waals surface area contributed by atoms with Crippen LogP contribution in [-0.2, 0) is 4.74 Å². The van der Waals surface area contributed by atoms with Crippen molar-refractivity contribution in [2.75, 3.05) is 20.7 Å². The molecular weight excluding hydrogens is 306 g/mol. The first-order valence-corrected chi connectivity index (χ1v) is 10.9. The number of nitrogens with zero attached hydrogens (tertiary/aromatic N) is 1.